The lowest BCUT2D eigenvalue weighted by atomic mass is 10.0. The molecule has 3 N–H and O–H groups in total. The fourth-order valence-corrected chi connectivity index (χ4v) is 3.40. The van der Waals surface area contributed by atoms with Crippen LogP contribution in [-0.4, -0.2) is 44.5 Å². The predicted octanol–water partition coefficient (Wildman–Crippen LogP) is 0.303. The highest BCUT2D eigenvalue weighted by Gasteiger charge is 2.22. The number of hydrogen-bond donors (Lipinski definition) is 2. The number of nitrogens with one attached hydrogen (secondary N) is 1. The fraction of sp³-hybridized carbons (Fsp3) is 0.615. The number of nitrogens with two attached hydrogens (primary N) is 1. The van der Waals surface area contributed by atoms with Crippen LogP contribution in [0.3, 0.4) is 0 Å². The van der Waals surface area contributed by atoms with Crippen LogP contribution in [0.25, 0.3) is 0 Å². The maximum absolute atomic E-state index is 12.2. The smallest absolute Gasteiger partial charge is 0.242 e. The zero-order valence-corrected chi connectivity index (χ0v) is 12.6. The van der Waals surface area contributed by atoms with Crippen LogP contribution in [0, 0.1) is 0 Å². The van der Waals surface area contributed by atoms with Crippen LogP contribution in [0.1, 0.15) is 25.0 Å². The van der Waals surface area contributed by atoms with E-state index in [4.69, 9.17) is 5.73 Å². The molecule has 1 aromatic rings. The first-order chi connectivity index (χ1) is 9.53. The lowest BCUT2D eigenvalue weighted by molar-refractivity contribution is 0.187. The third-order valence-corrected chi connectivity index (χ3v) is 5.16. The van der Waals surface area contributed by atoms with Gasteiger partial charge in [0.15, 0.2) is 0 Å². The van der Waals surface area contributed by atoms with Crippen molar-refractivity contribution < 1.29 is 8.42 Å². The van der Waals surface area contributed by atoms with Crippen molar-refractivity contribution in [3.8, 4) is 0 Å². The van der Waals surface area contributed by atoms with Gasteiger partial charge in [-0.1, -0.05) is 6.42 Å². The zero-order chi connectivity index (χ0) is 14.6. The van der Waals surface area contributed by atoms with Gasteiger partial charge in [0, 0.05) is 25.3 Å². The molecule has 0 bridgehead atoms. The molecule has 1 unspecified atom stereocenters. The van der Waals surface area contributed by atoms with Gasteiger partial charge in [0.05, 0.1) is 5.69 Å². The quantitative estimate of drug-likeness (QED) is 0.816. The molecular weight excluding hydrogens is 276 g/mol. The van der Waals surface area contributed by atoms with E-state index in [1.54, 1.807) is 12.1 Å². The highest BCUT2D eigenvalue weighted by Crippen LogP contribution is 2.15. The van der Waals surface area contributed by atoms with Gasteiger partial charge < -0.3 is 10.6 Å². The normalized spacial score (nSPS) is 21.0. The van der Waals surface area contributed by atoms with Crippen LogP contribution in [0.15, 0.2) is 23.2 Å². The number of pyridine rings is 1. The average molecular weight is 298 g/mol. The molecule has 0 radical (unpaired) electrons. The van der Waals surface area contributed by atoms with Gasteiger partial charge in [-0.15, -0.1) is 0 Å². The summed E-state index contributed by atoms with van der Waals surface area (Å²) in [6.45, 7) is 1.78. The molecule has 1 atom stereocenters. The number of likely N-dealkylation sites (N-methyl/N-ethyl adjacent to an activating group) is 1. The van der Waals surface area contributed by atoms with Crippen molar-refractivity contribution in [2.45, 2.75) is 36.7 Å². The minimum Gasteiger partial charge on any atom is -0.325 e. The van der Waals surface area contributed by atoms with E-state index in [9.17, 15) is 8.42 Å². The molecule has 1 aromatic heterocycles. The van der Waals surface area contributed by atoms with E-state index in [1.807, 2.05) is 7.05 Å². The van der Waals surface area contributed by atoms with Crippen molar-refractivity contribution in [3.05, 3.63) is 24.0 Å². The van der Waals surface area contributed by atoms with E-state index in [-0.39, 0.29) is 10.9 Å². The van der Waals surface area contributed by atoms with Gasteiger partial charge in [0.25, 0.3) is 0 Å². The van der Waals surface area contributed by atoms with Crippen LogP contribution in [0.4, 0.5) is 0 Å². The molecule has 1 saturated heterocycles. The summed E-state index contributed by atoms with van der Waals surface area (Å²) in [5.74, 6) is 0. The van der Waals surface area contributed by atoms with Gasteiger partial charge >= 0.3 is 0 Å². The number of sulfonamides is 1. The lowest BCUT2D eigenvalue weighted by Gasteiger charge is -2.32. The Morgan fingerprint density at radius 3 is 2.85 bits per heavy atom. The fourth-order valence-electron chi connectivity index (χ4n) is 2.38. The maximum atomic E-state index is 12.2. The molecule has 2 heterocycles. The molecule has 2 rings (SSSR count). The molecule has 0 spiro atoms. The molecule has 0 saturated carbocycles. The summed E-state index contributed by atoms with van der Waals surface area (Å²) in [5.41, 5.74) is 6.12. The van der Waals surface area contributed by atoms with Crippen molar-refractivity contribution in [3.63, 3.8) is 0 Å². The van der Waals surface area contributed by atoms with Crippen molar-refractivity contribution in [1.29, 1.82) is 0 Å². The van der Waals surface area contributed by atoms with Crippen LogP contribution < -0.4 is 10.5 Å². The zero-order valence-electron chi connectivity index (χ0n) is 11.7. The Balaban J connectivity index is 1.99. The van der Waals surface area contributed by atoms with Crippen molar-refractivity contribution in [2.75, 3.05) is 20.1 Å². The second-order valence-electron chi connectivity index (χ2n) is 5.17. The van der Waals surface area contributed by atoms with Crippen LogP contribution in [0.2, 0.25) is 0 Å². The standard InChI is InChI=1S/C13H22N4O2S/c1-17-7-3-2-4-12(17)9-16-20(18,19)13-6-5-11(8-14)15-10-13/h5-6,10,12,16H,2-4,7-9,14H2,1H3. The summed E-state index contributed by atoms with van der Waals surface area (Å²) in [7, 11) is -1.45. The number of piperidine rings is 1. The SMILES string of the molecule is CN1CCCCC1CNS(=O)(=O)c1ccc(CN)nc1. The third-order valence-electron chi connectivity index (χ3n) is 3.75. The van der Waals surface area contributed by atoms with E-state index in [2.05, 4.69) is 14.6 Å². The van der Waals surface area contributed by atoms with E-state index in [0.29, 0.717) is 18.8 Å². The number of rotatable bonds is 5. The molecule has 20 heavy (non-hydrogen) atoms. The first-order valence-corrected chi connectivity index (χ1v) is 8.36. The molecule has 0 aliphatic carbocycles. The van der Waals surface area contributed by atoms with Gasteiger partial charge in [0.2, 0.25) is 10.0 Å². The predicted molar refractivity (Wildman–Crippen MR) is 77.6 cm³/mol. The molecule has 1 aliphatic rings. The van der Waals surface area contributed by atoms with E-state index >= 15 is 0 Å². The molecule has 112 valence electrons. The first-order valence-electron chi connectivity index (χ1n) is 6.88. The number of aromatic nitrogens is 1. The van der Waals surface area contributed by atoms with Crippen LogP contribution in [0.5, 0.6) is 0 Å². The van der Waals surface area contributed by atoms with E-state index in [0.717, 1.165) is 19.4 Å². The molecular formula is C13H22N4O2S. The van der Waals surface area contributed by atoms with Gasteiger partial charge in [-0.25, -0.2) is 13.1 Å². The number of likely N-dealkylation sites (tertiary alicyclic amines) is 1. The van der Waals surface area contributed by atoms with Crippen molar-refractivity contribution in [1.82, 2.24) is 14.6 Å². The summed E-state index contributed by atoms with van der Waals surface area (Å²) in [6.07, 6.45) is 4.73. The van der Waals surface area contributed by atoms with Gasteiger partial charge in [-0.3, -0.25) is 4.98 Å². The Morgan fingerprint density at radius 2 is 2.25 bits per heavy atom. The molecule has 1 aliphatic heterocycles. The Morgan fingerprint density at radius 1 is 1.45 bits per heavy atom. The van der Waals surface area contributed by atoms with Crippen LogP contribution in [-0.2, 0) is 16.6 Å². The van der Waals surface area contributed by atoms with E-state index in [1.165, 1.54) is 12.6 Å². The molecule has 6 nitrogen and oxygen atoms in total. The Bertz CT molecular complexity index is 530. The molecule has 0 aromatic carbocycles. The minimum atomic E-state index is -3.49. The molecule has 7 heteroatoms. The largest absolute Gasteiger partial charge is 0.325 e. The monoisotopic (exact) mass is 298 g/mol. The maximum Gasteiger partial charge on any atom is 0.242 e. The van der Waals surface area contributed by atoms with Gasteiger partial charge in [-0.2, -0.15) is 0 Å². The summed E-state index contributed by atoms with van der Waals surface area (Å²) < 4.78 is 27.0. The summed E-state index contributed by atoms with van der Waals surface area (Å²) in [4.78, 5) is 6.42. The first kappa shape index (κ1) is 15.4. The van der Waals surface area contributed by atoms with Crippen LogP contribution >= 0.6 is 0 Å². The Hall–Kier alpha value is -1.02. The Labute approximate surface area is 120 Å². The van der Waals surface area contributed by atoms with Crippen molar-refractivity contribution in [2.24, 2.45) is 5.73 Å². The molecule has 1 fully saturated rings. The summed E-state index contributed by atoms with van der Waals surface area (Å²) >= 11 is 0. The third kappa shape index (κ3) is 3.76. The van der Waals surface area contributed by atoms with Crippen molar-refractivity contribution >= 4 is 10.0 Å². The highest BCUT2D eigenvalue weighted by molar-refractivity contribution is 7.89. The second-order valence-corrected chi connectivity index (χ2v) is 6.94. The topological polar surface area (TPSA) is 88.3 Å². The second kappa shape index (κ2) is 6.62. The highest BCUT2D eigenvalue weighted by atomic mass is 32.2. The van der Waals surface area contributed by atoms with E-state index < -0.39 is 10.0 Å². The summed E-state index contributed by atoms with van der Waals surface area (Å²) in [6, 6.07) is 3.46. The molecule has 0 amide bonds. The summed E-state index contributed by atoms with van der Waals surface area (Å²) in [5, 5.41) is 0. The van der Waals surface area contributed by atoms with Gasteiger partial charge in [-0.05, 0) is 38.6 Å². The number of hydrogen-bond acceptors (Lipinski definition) is 5. The lowest BCUT2D eigenvalue weighted by Crippen LogP contribution is -2.44. The van der Waals surface area contributed by atoms with Gasteiger partial charge in [0.1, 0.15) is 4.90 Å². The number of nitrogens with zero attached hydrogens (tertiary/aromatic N) is 2. The minimum absolute atomic E-state index is 0.188. The average Bonchev–Trinajstić information content (AvgIpc) is 2.46. The Kier molecular flexibility index (Phi) is 5.09.